The highest BCUT2D eigenvalue weighted by Gasteiger charge is 2.24. The maximum Gasteiger partial charge on any atom is 0.243 e. The van der Waals surface area contributed by atoms with Crippen molar-refractivity contribution >= 4 is 0 Å². The number of aryl methyl sites for hydroxylation is 1. The Hall–Kier alpha value is -1.68. The zero-order valence-corrected chi connectivity index (χ0v) is 11.4. The summed E-state index contributed by atoms with van der Waals surface area (Å²) in [4.78, 5) is 4.54. The van der Waals surface area contributed by atoms with Gasteiger partial charge in [-0.2, -0.15) is 4.98 Å². The van der Waals surface area contributed by atoms with Crippen LogP contribution in [-0.4, -0.2) is 17.2 Å². The van der Waals surface area contributed by atoms with Gasteiger partial charge in [-0.25, -0.2) is 0 Å². The first-order valence-electron chi connectivity index (χ1n) is 6.85. The summed E-state index contributed by atoms with van der Waals surface area (Å²) in [5.74, 6) is 1.92. The molecule has 0 saturated heterocycles. The lowest BCUT2D eigenvalue weighted by Gasteiger charge is -2.21. The lowest BCUT2D eigenvalue weighted by atomic mass is 9.83. The van der Waals surface area contributed by atoms with Crippen LogP contribution in [0.5, 0.6) is 0 Å². The van der Waals surface area contributed by atoms with Crippen molar-refractivity contribution in [3.05, 3.63) is 47.1 Å². The monoisotopic (exact) mass is 257 g/mol. The molecule has 3 rings (SSSR count). The SMILES string of the molecule is CNC(C)c1nc(C2CCc3ccccc3C2)no1. The number of nitrogens with zero attached hydrogens (tertiary/aromatic N) is 2. The van der Waals surface area contributed by atoms with E-state index in [-0.39, 0.29) is 6.04 Å². The minimum absolute atomic E-state index is 0.108. The number of rotatable bonds is 3. The largest absolute Gasteiger partial charge is 0.338 e. The Bertz CT molecular complexity index is 564. The third-order valence-corrected chi connectivity index (χ3v) is 3.97. The summed E-state index contributed by atoms with van der Waals surface area (Å²) in [7, 11) is 1.89. The minimum Gasteiger partial charge on any atom is -0.338 e. The van der Waals surface area contributed by atoms with E-state index in [4.69, 9.17) is 4.52 Å². The highest BCUT2D eigenvalue weighted by molar-refractivity contribution is 5.31. The molecule has 2 atom stereocenters. The van der Waals surface area contributed by atoms with Crippen molar-refractivity contribution in [1.29, 1.82) is 0 Å². The standard InChI is InChI=1S/C15H19N3O/c1-10(16-2)15-17-14(18-19-15)13-8-7-11-5-3-4-6-12(11)9-13/h3-6,10,13,16H,7-9H2,1-2H3. The molecule has 4 nitrogen and oxygen atoms in total. The molecule has 100 valence electrons. The average molecular weight is 257 g/mol. The Morgan fingerprint density at radius 2 is 2.11 bits per heavy atom. The van der Waals surface area contributed by atoms with E-state index in [1.54, 1.807) is 0 Å². The Kier molecular flexibility index (Phi) is 3.34. The molecule has 19 heavy (non-hydrogen) atoms. The molecule has 0 saturated carbocycles. The zero-order valence-electron chi connectivity index (χ0n) is 11.4. The molecule has 0 spiro atoms. The first-order valence-corrected chi connectivity index (χ1v) is 6.85. The maximum atomic E-state index is 5.33. The lowest BCUT2D eigenvalue weighted by Crippen LogP contribution is -2.15. The third-order valence-electron chi connectivity index (χ3n) is 3.97. The van der Waals surface area contributed by atoms with Gasteiger partial charge in [0.1, 0.15) is 0 Å². The molecule has 2 aromatic rings. The van der Waals surface area contributed by atoms with Gasteiger partial charge in [-0.15, -0.1) is 0 Å². The van der Waals surface area contributed by atoms with Gasteiger partial charge in [-0.1, -0.05) is 29.4 Å². The van der Waals surface area contributed by atoms with E-state index in [0.29, 0.717) is 11.8 Å². The van der Waals surface area contributed by atoms with Gasteiger partial charge in [0.25, 0.3) is 0 Å². The van der Waals surface area contributed by atoms with Crippen molar-refractivity contribution in [2.75, 3.05) is 7.05 Å². The van der Waals surface area contributed by atoms with Gasteiger partial charge in [0, 0.05) is 5.92 Å². The van der Waals surface area contributed by atoms with Crippen LogP contribution in [0, 0.1) is 0 Å². The third kappa shape index (κ3) is 2.40. The summed E-state index contributed by atoms with van der Waals surface area (Å²) >= 11 is 0. The van der Waals surface area contributed by atoms with Crippen LogP contribution in [0.15, 0.2) is 28.8 Å². The van der Waals surface area contributed by atoms with Crippen LogP contribution in [0.3, 0.4) is 0 Å². The molecule has 0 aliphatic heterocycles. The Balaban J connectivity index is 1.79. The van der Waals surface area contributed by atoms with E-state index in [1.807, 2.05) is 14.0 Å². The van der Waals surface area contributed by atoms with Crippen LogP contribution in [0.25, 0.3) is 0 Å². The second-order valence-corrected chi connectivity index (χ2v) is 5.21. The summed E-state index contributed by atoms with van der Waals surface area (Å²) in [6, 6.07) is 8.75. The van der Waals surface area contributed by atoms with Crippen molar-refractivity contribution in [3.8, 4) is 0 Å². The fourth-order valence-corrected chi connectivity index (χ4v) is 2.63. The summed E-state index contributed by atoms with van der Waals surface area (Å²) in [6.07, 6.45) is 3.22. The van der Waals surface area contributed by atoms with Gasteiger partial charge in [0.05, 0.1) is 6.04 Å². The topological polar surface area (TPSA) is 51.0 Å². The molecular formula is C15H19N3O. The van der Waals surface area contributed by atoms with Crippen LogP contribution in [0.4, 0.5) is 0 Å². The van der Waals surface area contributed by atoms with E-state index in [9.17, 15) is 0 Å². The molecular weight excluding hydrogens is 238 g/mol. The fourth-order valence-electron chi connectivity index (χ4n) is 2.63. The van der Waals surface area contributed by atoms with Crippen molar-refractivity contribution < 1.29 is 4.52 Å². The number of aromatic nitrogens is 2. The van der Waals surface area contributed by atoms with Gasteiger partial charge >= 0.3 is 0 Å². The van der Waals surface area contributed by atoms with Gasteiger partial charge in [0.15, 0.2) is 5.82 Å². The minimum atomic E-state index is 0.108. The van der Waals surface area contributed by atoms with Crippen molar-refractivity contribution in [1.82, 2.24) is 15.5 Å². The van der Waals surface area contributed by atoms with E-state index < -0.39 is 0 Å². The summed E-state index contributed by atoms with van der Waals surface area (Å²) in [6.45, 7) is 2.02. The van der Waals surface area contributed by atoms with Gasteiger partial charge < -0.3 is 9.84 Å². The fraction of sp³-hybridized carbons (Fsp3) is 0.467. The number of benzene rings is 1. The van der Waals surface area contributed by atoms with Crippen LogP contribution in [0.2, 0.25) is 0 Å². The van der Waals surface area contributed by atoms with Crippen molar-refractivity contribution in [2.45, 2.75) is 38.1 Å². The number of fused-ring (bicyclic) bond motifs is 1. The molecule has 1 heterocycles. The van der Waals surface area contributed by atoms with Crippen molar-refractivity contribution in [2.24, 2.45) is 0 Å². The molecule has 1 aromatic heterocycles. The highest BCUT2D eigenvalue weighted by atomic mass is 16.5. The second kappa shape index (κ2) is 5.13. The molecule has 4 heteroatoms. The summed E-state index contributed by atoms with van der Waals surface area (Å²) in [5.41, 5.74) is 2.89. The number of hydrogen-bond donors (Lipinski definition) is 1. The van der Waals surface area contributed by atoms with E-state index in [1.165, 1.54) is 11.1 Å². The van der Waals surface area contributed by atoms with Crippen LogP contribution < -0.4 is 5.32 Å². The summed E-state index contributed by atoms with van der Waals surface area (Å²) < 4.78 is 5.33. The van der Waals surface area contributed by atoms with Crippen LogP contribution >= 0.6 is 0 Å². The molecule has 2 unspecified atom stereocenters. The van der Waals surface area contributed by atoms with Gasteiger partial charge in [0.2, 0.25) is 5.89 Å². The highest BCUT2D eigenvalue weighted by Crippen LogP contribution is 2.31. The zero-order chi connectivity index (χ0) is 13.2. The normalized spacial score (nSPS) is 20.0. The molecule has 1 N–H and O–H groups in total. The molecule has 0 amide bonds. The van der Waals surface area contributed by atoms with Gasteiger partial charge in [-0.05, 0) is 44.4 Å². The quantitative estimate of drug-likeness (QED) is 0.918. The molecule has 1 aromatic carbocycles. The van der Waals surface area contributed by atoms with Gasteiger partial charge in [-0.3, -0.25) is 0 Å². The lowest BCUT2D eigenvalue weighted by molar-refractivity contribution is 0.340. The number of hydrogen-bond acceptors (Lipinski definition) is 4. The van der Waals surface area contributed by atoms with E-state index >= 15 is 0 Å². The first kappa shape index (κ1) is 12.4. The Morgan fingerprint density at radius 1 is 1.32 bits per heavy atom. The Labute approximate surface area is 113 Å². The van der Waals surface area contributed by atoms with E-state index in [0.717, 1.165) is 25.1 Å². The predicted molar refractivity (Wildman–Crippen MR) is 73.0 cm³/mol. The summed E-state index contributed by atoms with van der Waals surface area (Å²) in [5, 5.41) is 7.27. The van der Waals surface area contributed by atoms with Crippen molar-refractivity contribution in [3.63, 3.8) is 0 Å². The Morgan fingerprint density at radius 3 is 2.89 bits per heavy atom. The number of nitrogens with one attached hydrogen (secondary N) is 1. The maximum absolute atomic E-state index is 5.33. The molecule has 0 bridgehead atoms. The average Bonchev–Trinajstić information content (AvgIpc) is 2.95. The van der Waals surface area contributed by atoms with Crippen LogP contribution in [0.1, 0.15) is 48.1 Å². The molecule has 0 fully saturated rings. The predicted octanol–water partition coefficient (Wildman–Crippen LogP) is 2.62. The van der Waals surface area contributed by atoms with E-state index in [2.05, 4.69) is 39.7 Å². The smallest absolute Gasteiger partial charge is 0.243 e. The molecule has 1 aliphatic rings. The van der Waals surface area contributed by atoms with Crippen LogP contribution in [-0.2, 0) is 12.8 Å². The second-order valence-electron chi connectivity index (χ2n) is 5.21. The first-order chi connectivity index (χ1) is 9.28. The molecule has 1 aliphatic carbocycles. The molecule has 0 radical (unpaired) electrons.